The van der Waals surface area contributed by atoms with E-state index < -0.39 is 0 Å². The maximum Gasteiger partial charge on any atom is 0.240 e. The van der Waals surface area contributed by atoms with Gasteiger partial charge in [0.05, 0.1) is 11.8 Å². The smallest absolute Gasteiger partial charge is 0.240 e. The number of hydrogen-bond acceptors (Lipinski definition) is 3. The van der Waals surface area contributed by atoms with E-state index in [9.17, 15) is 14.4 Å². The normalized spacial score (nSPS) is 43.4. The van der Waals surface area contributed by atoms with Crippen LogP contribution in [0, 0.1) is 35.5 Å². The molecule has 1 aliphatic heterocycles. The molecule has 0 aromatic rings. The molecule has 5 nitrogen and oxygen atoms in total. The number of amides is 3. The van der Waals surface area contributed by atoms with Crippen LogP contribution in [0.3, 0.4) is 0 Å². The van der Waals surface area contributed by atoms with Crippen LogP contribution in [-0.4, -0.2) is 35.2 Å². The highest BCUT2D eigenvalue weighted by atomic mass is 16.2. The lowest BCUT2D eigenvalue weighted by Gasteiger charge is -2.34. The monoisotopic (exact) mass is 330 g/mol. The second-order valence-corrected chi connectivity index (χ2v) is 8.20. The van der Waals surface area contributed by atoms with Gasteiger partial charge in [0.2, 0.25) is 17.7 Å². The summed E-state index contributed by atoms with van der Waals surface area (Å²) in [5.74, 6) is 0.537. The van der Waals surface area contributed by atoms with Gasteiger partial charge in [-0.1, -0.05) is 38.8 Å². The Morgan fingerprint density at radius 1 is 1.12 bits per heavy atom. The van der Waals surface area contributed by atoms with Crippen molar-refractivity contribution in [2.45, 2.75) is 45.6 Å². The molecule has 0 spiro atoms. The molecule has 2 saturated carbocycles. The van der Waals surface area contributed by atoms with Gasteiger partial charge >= 0.3 is 0 Å². The summed E-state index contributed by atoms with van der Waals surface area (Å²) < 4.78 is 0. The first kappa shape index (κ1) is 15.9. The van der Waals surface area contributed by atoms with E-state index in [1.165, 1.54) is 11.3 Å². The molecule has 1 N–H and O–H groups in total. The Bertz CT molecular complexity index is 584. The average molecular weight is 330 g/mol. The third-order valence-electron chi connectivity index (χ3n) is 6.92. The zero-order chi connectivity index (χ0) is 17.0. The number of carbonyl (C=O) groups is 3. The van der Waals surface area contributed by atoms with Crippen LogP contribution in [0.25, 0.3) is 0 Å². The van der Waals surface area contributed by atoms with Gasteiger partial charge in [-0.3, -0.25) is 19.3 Å². The standard InChI is InChI=1S/C19H26N2O3/c1-10-4-3-5-14(11(10)2)20-15(22)9-21-18(23)16-12-6-7-13(8-12)17(16)19(21)24/h6-7,10-14,16-17H,3-5,8-9H2,1-2H3,(H,20,22)/t10-,11+,12+,13+,14+,16-,17+/m1/s1. The summed E-state index contributed by atoms with van der Waals surface area (Å²) in [6, 6.07) is 0.159. The van der Waals surface area contributed by atoms with Crippen molar-refractivity contribution in [2.75, 3.05) is 6.54 Å². The molecule has 3 aliphatic carbocycles. The van der Waals surface area contributed by atoms with Crippen LogP contribution >= 0.6 is 0 Å². The van der Waals surface area contributed by atoms with Crippen LogP contribution in [0.15, 0.2) is 12.2 Å². The van der Waals surface area contributed by atoms with Crippen molar-refractivity contribution >= 4 is 17.7 Å². The first-order valence-corrected chi connectivity index (χ1v) is 9.30. The number of fused-ring (bicyclic) bond motifs is 5. The highest BCUT2D eigenvalue weighted by Crippen LogP contribution is 2.52. The Kier molecular flexibility index (Phi) is 3.77. The zero-order valence-corrected chi connectivity index (χ0v) is 14.4. The summed E-state index contributed by atoms with van der Waals surface area (Å²) >= 11 is 0. The van der Waals surface area contributed by atoms with Crippen LogP contribution in [0.4, 0.5) is 0 Å². The Morgan fingerprint density at radius 3 is 2.38 bits per heavy atom. The average Bonchev–Trinajstić information content (AvgIpc) is 3.22. The lowest BCUT2D eigenvalue weighted by molar-refractivity contribution is -0.144. The molecule has 0 unspecified atom stereocenters. The van der Waals surface area contributed by atoms with Crippen LogP contribution in [0.2, 0.25) is 0 Å². The molecule has 3 amide bonds. The second kappa shape index (κ2) is 5.71. The molecule has 4 rings (SSSR count). The second-order valence-electron chi connectivity index (χ2n) is 8.20. The third-order valence-corrected chi connectivity index (χ3v) is 6.92. The number of rotatable bonds is 3. The number of likely N-dealkylation sites (tertiary alicyclic amines) is 1. The first-order chi connectivity index (χ1) is 11.5. The van der Waals surface area contributed by atoms with E-state index in [-0.39, 0.29) is 54.0 Å². The highest BCUT2D eigenvalue weighted by Gasteiger charge is 2.59. The van der Waals surface area contributed by atoms with E-state index in [1.54, 1.807) is 0 Å². The van der Waals surface area contributed by atoms with Crippen LogP contribution < -0.4 is 5.32 Å². The summed E-state index contributed by atoms with van der Waals surface area (Å²) in [4.78, 5) is 38.9. The number of allylic oxidation sites excluding steroid dienone is 2. The number of carbonyl (C=O) groups excluding carboxylic acids is 3. The summed E-state index contributed by atoms with van der Waals surface area (Å²) in [6.45, 7) is 4.29. The van der Waals surface area contributed by atoms with E-state index in [4.69, 9.17) is 0 Å². The van der Waals surface area contributed by atoms with Crippen molar-refractivity contribution in [1.29, 1.82) is 0 Å². The number of nitrogens with one attached hydrogen (secondary N) is 1. The molecule has 24 heavy (non-hydrogen) atoms. The topological polar surface area (TPSA) is 66.5 Å². The lowest BCUT2D eigenvalue weighted by Crippen LogP contribution is -2.48. The third kappa shape index (κ3) is 2.32. The van der Waals surface area contributed by atoms with Gasteiger partial charge in [-0.2, -0.15) is 0 Å². The molecule has 4 aliphatic rings. The van der Waals surface area contributed by atoms with Crippen molar-refractivity contribution in [1.82, 2.24) is 10.2 Å². The van der Waals surface area contributed by atoms with E-state index in [0.717, 1.165) is 19.3 Å². The van der Waals surface area contributed by atoms with Crippen LogP contribution in [-0.2, 0) is 14.4 Å². The highest BCUT2D eigenvalue weighted by molar-refractivity contribution is 6.08. The molecule has 0 aromatic heterocycles. The summed E-state index contributed by atoms with van der Waals surface area (Å²) in [6.07, 6.45) is 8.38. The van der Waals surface area contributed by atoms with Crippen molar-refractivity contribution < 1.29 is 14.4 Å². The molecule has 3 fully saturated rings. The minimum Gasteiger partial charge on any atom is -0.352 e. The lowest BCUT2D eigenvalue weighted by atomic mass is 9.78. The van der Waals surface area contributed by atoms with E-state index in [1.807, 2.05) is 0 Å². The fourth-order valence-corrected chi connectivity index (χ4v) is 5.30. The molecular formula is C19H26N2O3. The first-order valence-electron chi connectivity index (χ1n) is 9.30. The van der Waals surface area contributed by atoms with Gasteiger partial charge in [-0.25, -0.2) is 0 Å². The van der Waals surface area contributed by atoms with Crippen molar-refractivity contribution in [3.8, 4) is 0 Å². The predicted octanol–water partition coefficient (Wildman–Crippen LogP) is 1.73. The molecule has 7 atom stereocenters. The summed E-state index contributed by atoms with van der Waals surface area (Å²) in [7, 11) is 0. The molecule has 2 bridgehead atoms. The number of hydrogen-bond donors (Lipinski definition) is 1. The maximum atomic E-state index is 12.6. The number of nitrogens with zero attached hydrogens (tertiary/aromatic N) is 1. The van der Waals surface area contributed by atoms with Gasteiger partial charge in [0.1, 0.15) is 6.54 Å². The molecule has 5 heteroatoms. The Balaban J connectivity index is 1.40. The van der Waals surface area contributed by atoms with Gasteiger partial charge in [0.15, 0.2) is 0 Å². The quantitative estimate of drug-likeness (QED) is 0.633. The van der Waals surface area contributed by atoms with Crippen LogP contribution in [0.5, 0.6) is 0 Å². The van der Waals surface area contributed by atoms with Crippen LogP contribution in [0.1, 0.15) is 39.5 Å². The van der Waals surface area contributed by atoms with Crippen molar-refractivity contribution in [3.63, 3.8) is 0 Å². The summed E-state index contributed by atoms with van der Waals surface area (Å²) in [5.41, 5.74) is 0. The maximum absolute atomic E-state index is 12.6. The van der Waals surface area contributed by atoms with Crippen molar-refractivity contribution in [2.24, 2.45) is 35.5 Å². The van der Waals surface area contributed by atoms with Gasteiger partial charge in [-0.05, 0) is 36.5 Å². The Labute approximate surface area is 142 Å². The molecule has 130 valence electrons. The minimum atomic E-state index is -0.214. The fraction of sp³-hybridized carbons (Fsp3) is 0.737. The van der Waals surface area contributed by atoms with Gasteiger partial charge in [0.25, 0.3) is 0 Å². The molecule has 1 heterocycles. The SMILES string of the molecule is C[C@H]1[C@H](C)CCC[C@@H]1NC(=O)CN1C(=O)[C@@H]2[C@H](C1=O)[C@H]1C=C[C@H]2C1. The number of imide groups is 1. The van der Waals surface area contributed by atoms with E-state index >= 15 is 0 Å². The Morgan fingerprint density at radius 2 is 1.75 bits per heavy atom. The van der Waals surface area contributed by atoms with E-state index in [2.05, 4.69) is 31.3 Å². The van der Waals surface area contributed by atoms with Crippen molar-refractivity contribution in [3.05, 3.63) is 12.2 Å². The molecule has 1 saturated heterocycles. The van der Waals surface area contributed by atoms with Gasteiger partial charge in [0, 0.05) is 6.04 Å². The summed E-state index contributed by atoms with van der Waals surface area (Å²) in [5, 5.41) is 3.07. The van der Waals surface area contributed by atoms with Gasteiger partial charge < -0.3 is 5.32 Å². The molecule has 0 aromatic carbocycles. The largest absolute Gasteiger partial charge is 0.352 e. The van der Waals surface area contributed by atoms with Gasteiger partial charge in [-0.15, -0.1) is 0 Å². The molecular weight excluding hydrogens is 304 g/mol. The Hall–Kier alpha value is -1.65. The fourth-order valence-electron chi connectivity index (χ4n) is 5.30. The predicted molar refractivity (Wildman–Crippen MR) is 88.5 cm³/mol. The zero-order valence-electron chi connectivity index (χ0n) is 14.4. The minimum absolute atomic E-state index is 0.109. The van der Waals surface area contributed by atoms with E-state index in [0.29, 0.717) is 11.8 Å². The molecule has 0 radical (unpaired) electrons.